The van der Waals surface area contributed by atoms with Gasteiger partial charge in [0.25, 0.3) is 5.69 Å². The number of nitro groups is 1. The van der Waals surface area contributed by atoms with Gasteiger partial charge < -0.3 is 5.11 Å². The van der Waals surface area contributed by atoms with E-state index >= 15 is 0 Å². The van der Waals surface area contributed by atoms with Crippen molar-refractivity contribution in [3.05, 3.63) is 39.9 Å². The summed E-state index contributed by atoms with van der Waals surface area (Å²) >= 11 is 0. The van der Waals surface area contributed by atoms with Crippen LogP contribution in [0.1, 0.15) is 44.1 Å². The standard InChI is InChI=1S/C14H19NO4/c16-14(17)10-5-3-1-2-4-7-12-8-6-9-13(11-12)15(18)19/h6,8-9,11H,1-5,7,10H2,(H,16,17). The van der Waals surface area contributed by atoms with Crippen molar-refractivity contribution in [3.63, 3.8) is 0 Å². The fourth-order valence-electron chi connectivity index (χ4n) is 1.96. The number of carbonyl (C=O) groups is 1. The average molecular weight is 265 g/mol. The number of benzene rings is 1. The third kappa shape index (κ3) is 6.55. The van der Waals surface area contributed by atoms with Crippen LogP contribution in [0.15, 0.2) is 24.3 Å². The summed E-state index contributed by atoms with van der Waals surface area (Å²) in [4.78, 5) is 20.5. The second kappa shape index (κ2) is 8.24. The molecule has 5 heteroatoms. The topological polar surface area (TPSA) is 80.4 Å². The van der Waals surface area contributed by atoms with Gasteiger partial charge in [0.15, 0.2) is 0 Å². The summed E-state index contributed by atoms with van der Waals surface area (Å²) in [6, 6.07) is 6.72. The van der Waals surface area contributed by atoms with Crippen LogP contribution in [-0.2, 0) is 11.2 Å². The van der Waals surface area contributed by atoms with Gasteiger partial charge in [0.05, 0.1) is 4.92 Å². The smallest absolute Gasteiger partial charge is 0.303 e. The lowest BCUT2D eigenvalue weighted by Gasteiger charge is -2.02. The maximum atomic E-state index is 10.6. The van der Waals surface area contributed by atoms with Crippen molar-refractivity contribution in [2.75, 3.05) is 0 Å². The molecule has 0 fully saturated rings. The van der Waals surface area contributed by atoms with Crippen LogP contribution in [0.5, 0.6) is 0 Å². The Morgan fingerprint density at radius 1 is 1.16 bits per heavy atom. The molecule has 0 bridgehead atoms. The van der Waals surface area contributed by atoms with Crippen LogP contribution in [-0.4, -0.2) is 16.0 Å². The quantitative estimate of drug-likeness (QED) is 0.420. The minimum Gasteiger partial charge on any atom is -0.481 e. The predicted molar refractivity (Wildman–Crippen MR) is 72.1 cm³/mol. The molecule has 0 unspecified atom stereocenters. The van der Waals surface area contributed by atoms with Gasteiger partial charge in [-0.2, -0.15) is 0 Å². The molecule has 104 valence electrons. The highest BCUT2D eigenvalue weighted by molar-refractivity contribution is 5.66. The molecular formula is C14H19NO4. The first-order valence-corrected chi connectivity index (χ1v) is 6.54. The third-order valence-electron chi connectivity index (χ3n) is 2.98. The SMILES string of the molecule is O=C(O)CCCCCCCc1cccc([N+](=O)[O-])c1. The van der Waals surface area contributed by atoms with E-state index in [0.29, 0.717) is 0 Å². The van der Waals surface area contributed by atoms with Gasteiger partial charge in [0, 0.05) is 18.6 Å². The summed E-state index contributed by atoms with van der Waals surface area (Å²) in [5, 5.41) is 19.1. The number of hydrogen-bond donors (Lipinski definition) is 1. The third-order valence-corrected chi connectivity index (χ3v) is 2.98. The van der Waals surface area contributed by atoms with Crippen molar-refractivity contribution in [3.8, 4) is 0 Å². The molecule has 0 aliphatic heterocycles. The van der Waals surface area contributed by atoms with Crippen molar-refractivity contribution < 1.29 is 14.8 Å². The highest BCUT2D eigenvalue weighted by Gasteiger charge is 2.05. The Bertz CT molecular complexity index is 431. The zero-order valence-corrected chi connectivity index (χ0v) is 10.9. The van der Waals surface area contributed by atoms with E-state index in [2.05, 4.69) is 0 Å². The molecule has 1 N–H and O–H groups in total. The molecule has 0 aliphatic carbocycles. The van der Waals surface area contributed by atoms with Gasteiger partial charge in [-0.05, 0) is 24.8 Å². The lowest BCUT2D eigenvalue weighted by atomic mass is 10.0. The summed E-state index contributed by atoms with van der Waals surface area (Å²) in [6.07, 6.45) is 5.76. The van der Waals surface area contributed by atoms with Crippen LogP contribution >= 0.6 is 0 Å². The highest BCUT2D eigenvalue weighted by Crippen LogP contribution is 2.15. The lowest BCUT2D eigenvalue weighted by Crippen LogP contribution is -1.94. The maximum absolute atomic E-state index is 10.6. The molecule has 5 nitrogen and oxygen atoms in total. The molecule has 0 aliphatic rings. The number of aliphatic carboxylic acids is 1. The highest BCUT2D eigenvalue weighted by atomic mass is 16.6. The van der Waals surface area contributed by atoms with Gasteiger partial charge in [-0.15, -0.1) is 0 Å². The van der Waals surface area contributed by atoms with E-state index in [0.717, 1.165) is 44.1 Å². The normalized spacial score (nSPS) is 10.3. The van der Waals surface area contributed by atoms with Crippen LogP contribution in [0, 0.1) is 10.1 Å². The molecule has 1 aromatic carbocycles. The molecule has 0 heterocycles. The van der Waals surface area contributed by atoms with Crippen molar-refractivity contribution in [2.45, 2.75) is 44.9 Å². The number of rotatable bonds is 9. The van der Waals surface area contributed by atoms with Crippen LogP contribution in [0.25, 0.3) is 0 Å². The molecule has 0 aromatic heterocycles. The molecule has 0 spiro atoms. The van der Waals surface area contributed by atoms with Crippen molar-refractivity contribution in [2.24, 2.45) is 0 Å². The molecule has 0 amide bonds. The summed E-state index contributed by atoms with van der Waals surface area (Å²) in [7, 11) is 0. The van der Waals surface area contributed by atoms with Crippen molar-refractivity contribution in [1.29, 1.82) is 0 Å². The van der Waals surface area contributed by atoms with Gasteiger partial charge >= 0.3 is 5.97 Å². The Balaban J connectivity index is 2.17. The van der Waals surface area contributed by atoms with Crippen LogP contribution in [0.2, 0.25) is 0 Å². The van der Waals surface area contributed by atoms with Gasteiger partial charge in [0.2, 0.25) is 0 Å². The minimum atomic E-state index is -0.739. The zero-order chi connectivity index (χ0) is 14.1. The first-order valence-electron chi connectivity index (χ1n) is 6.54. The fourth-order valence-corrected chi connectivity index (χ4v) is 1.96. The van der Waals surface area contributed by atoms with E-state index in [9.17, 15) is 14.9 Å². The van der Waals surface area contributed by atoms with Gasteiger partial charge in [-0.1, -0.05) is 31.4 Å². The first-order chi connectivity index (χ1) is 9.09. The largest absolute Gasteiger partial charge is 0.481 e. The van der Waals surface area contributed by atoms with E-state index in [1.54, 1.807) is 12.1 Å². The van der Waals surface area contributed by atoms with E-state index in [-0.39, 0.29) is 17.0 Å². The predicted octanol–water partition coefficient (Wildman–Crippen LogP) is 3.56. The van der Waals surface area contributed by atoms with Crippen LogP contribution < -0.4 is 0 Å². The Morgan fingerprint density at radius 2 is 1.84 bits per heavy atom. The van der Waals surface area contributed by atoms with Crippen LogP contribution in [0.4, 0.5) is 5.69 Å². The Kier molecular flexibility index (Phi) is 6.57. The average Bonchev–Trinajstić information content (AvgIpc) is 2.37. The molecular weight excluding hydrogens is 246 g/mol. The molecule has 0 saturated carbocycles. The van der Waals surface area contributed by atoms with Gasteiger partial charge in [0.1, 0.15) is 0 Å². The van der Waals surface area contributed by atoms with Crippen molar-refractivity contribution in [1.82, 2.24) is 0 Å². The number of carboxylic acids is 1. The van der Waals surface area contributed by atoms with E-state index in [1.807, 2.05) is 6.07 Å². The molecule has 0 atom stereocenters. The monoisotopic (exact) mass is 265 g/mol. The lowest BCUT2D eigenvalue weighted by molar-refractivity contribution is -0.384. The minimum absolute atomic E-state index is 0.138. The van der Waals surface area contributed by atoms with Crippen LogP contribution in [0.3, 0.4) is 0 Å². The Hall–Kier alpha value is -1.91. The second-order valence-electron chi connectivity index (χ2n) is 4.59. The summed E-state index contributed by atoms with van der Waals surface area (Å²) in [5.74, 6) is -0.739. The molecule has 1 aromatic rings. The number of hydrogen-bond acceptors (Lipinski definition) is 3. The number of carboxylic acid groups (broad SMARTS) is 1. The second-order valence-corrected chi connectivity index (χ2v) is 4.59. The summed E-state index contributed by atoms with van der Waals surface area (Å²) in [6.45, 7) is 0. The van der Waals surface area contributed by atoms with Gasteiger partial charge in [-0.3, -0.25) is 14.9 Å². The summed E-state index contributed by atoms with van der Waals surface area (Å²) in [5.41, 5.74) is 1.12. The Labute approximate surface area is 112 Å². The first kappa shape index (κ1) is 15.1. The Morgan fingerprint density at radius 3 is 2.53 bits per heavy atom. The number of nitro benzene ring substituents is 1. The summed E-state index contributed by atoms with van der Waals surface area (Å²) < 4.78 is 0. The molecule has 0 saturated heterocycles. The fraction of sp³-hybridized carbons (Fsp3) is 0.500. The van der Waals surface area contributed by atoms with Crippen molar-refractivity contribution >= 4 is 11.7 Å². The van der Waals surface area contributed by atoms with E-state index < -0.39 is 5.97 Å². The molecule has 19 heavy (non-hydrogen) atoms. The number of non-ortho nitro benzene ring substituents is 1. The van der Waals surface area contributed by atoms with E-state index in [4.69, 9.17) is 5.11 Å². The number of nitrogens with zero attached hydrogens (tertiary/aromatic N) is 1. The number of unbranched alkanes of at least 4 members (excludes halogenated alkanes) is 4. The molecule has 1 rings (SSSR count). The maximum Gasteiger partial charge on any atom is 0.303 e. The van der Waals surface area contributed by atoms with Gasteiger partial charge in [-0.25, -0.2) is 0 Å². The molecule has 0 radical (unpaired) electrons. The van der Waals surface area contributed by atoms with E-state index in [1.165, 1.54) is 6.07 Å². The zero-order valence-electron chi connectivity index (χ0n) is 10.9. The number of aryl methyl sites for hydroxylation is 1.